The van der Waals surface area contributed by atoms with E-state index in [1.165, 1.54) is 11.3 Å². The molecule has 5 heteroatoms. The Morgan fingerprint density at radius 1 is 1.13 bits per heavy atom. The lowest BCUT2D eigenvalue weighted by Gasteiger charge is -2.43. The molecule has 0 amide bonds. The molecule has 1 N–H and O–H groups in total. The summed E-state index contributed by atoms with van der Waals surface area (Å²) in [4.78, 5) is 0. The van der Waals surface area contributed by atoms with Gasteiger partial charge in [0.1, 0.15) is 0 Å². The average Bonchev–Trinajstić information content (AvgIpc) is 2.88. The third-order valence-corrected chi connectivity index (χ3v) is 5.94. The molecule has 23 heavy (non-hydrogen) atoms. The molecule has 0 aliphatic carbocycles. The van der Waals surface area contributed by atoms with Crippen LogP contribution in [0, 0.1) is 13.8 Å². The summed E-state index contributed by atoms with van der Waals surface area (Å²) >= 11 is 12.4. The Bertz CT molecular complexity index is 702. The molecule has 1 aliphatic rings. The van der Waals surface area contributed by atoms with Crippen molar-refractivity contribution in [1.29, 1.82) is 0 Å². The molecule has 3 rings (SSSR count). The standard InChI is InChI=1S/C18H23Cl2N3/c1-12-10-13(2)23(22-12)14(3)18(6-8-21-9-7-18)15-4-5-16(19)17(20)11-15/h4-5,10-11,14,21H,6-9H2,1-3H3. The van der Waals surface area contributed by atoms with E-state index in [4.69, 9.17) is 28.3 Å². The maximum Gasteiger partial charge on any atom is 0.0596 e. The van der Waals surface area contributed by atoms with E-state index in [1.54, 1.807) is 0 Å². The Morgan fingerprint density at radius 2 is 1.83 bits per heavy atom. The van der Waals surface area contributed by atoms with Gasteiger partial charge in [-0.15, -0.1) is 0 Å². The Labute approximate surface area is 148 Å². The van der Waals surface area contributed by atoms with Crippen LogP contribution in [0.4, 0.5) is 0 Å². The molecular formula is C18H23Cl2N3. The minimum atomic E-state index is 0.0166. The van der Waals surface area contributed by atoms with Gasteiger partial charge in [-0.3, -0.25) is 4.68 Å². The number of aryl methyl sites for hydroxylation is 2. The molecule has 2 aromatic rings. The van der Waals surface area contributed by atoms with E-state index in [2.05, 4.69) is 36.0 Å². The number of aromatic nitrogens is 2. The number of nitrogens with zero attached hydrogens (tertiary/aromatic N) is 2. The van der Waals surface area contributed by atoms with Gasteiger partial charge < -0.3 is 5.32 Å². The van der Waals surface area contributed by atoms with Crippen LogP contribution in [0.5, 0.6) is 0 Å². The molecule has 0 radical (unpaired) electrons. The number of rotatable bonds is 3. The predicted octanol–water partition coefficient (Wildman–Crippen LogP) is 4.69. The summed E-state index contributed by atoms with van der Waals surface area (Å²) in [6.07, 6.45) is 2.12. The third kappa shape index (κ3) is 3.02. The van der Waals surface area contributed by atoms with E-state index < -0.39 is 0 Å². The quantitative estimate of drug-likeness (QED) is 0.869. The number of halogens is 2. The van der Waals surface area contributed by atoms with Crippen LogP contribution in [0.1, 0.15) is 42.8 Å². The molecule has 1 fully saturated rings. The van der Waals surface area contributed by atoms with Gasteiger partial charge in [0.25, 0.3) is 0 Å². The first-order chi connectivity index (χ1) is 10.9. The number of piperidine rings is 1. The Hall–Kier alpha value is -1.03. The van der Waals surface area contributed by atoms with Crippen LogP contribution in [0.3, 0.4) is 0 Å². The lowest BCUT2D eigenvalue weighted by Crippen LogP contribution is -2.45. The van der Waals surface area contributed by atoms with Crippen molar-refractivity contribution >= 4 is 23.2 Å². The summed E-state index contributed by atoms with van der Waals surface area (Å²) in [5.74, 6) is 0. The molecule has 124 valence electrons. The minimum Gasteiger partial charge on any atom is -0.317 e. The monoisotopic (exact) mass is 351 g/mol. The largest absolute Gasteiger partial charge is 0.317 e. The summed E-state index contributed by atoms with van der Waals surface area (Å²) in [5, 5.41) is 9.44. The Morgan fingerprint density at radius 3 is 2.39 bits per heavy atom. The zero-order valence-electron chi connectivity index (χ0n) is 13.9. The van der Waals surface area contributed by atoms with Gasteiger partial charge in [-0.25, -0.2) is 0 Å². The van der Waals surface area contributed by atoms with Gasteiger partial charge >= 0.3 is 0 Å². The van der Waals surface area contributed by atoms with Crippen LogP contribution < -0.4 is 5.32 Å². The highest BCUT2D eigenvalue weighted by Crippen LogP contribution is 2.44. The second kappa shape index (κ2) is 6.46. The van der Waals surface area contributed by atoms with E-state index in [0.717, 1.165) is 31.6 Å². The average molecular weight is 352 g/mol. The fourth-order valence-corrected chi connectivity index (χ4v) is 4.20. The fourth-order valence-electron chi connectivity index (χ4n) is 3.90. The van der Waals surface area contributed by atoms with Gasteiger partial charge in [-0.2, -0.15) is 5.10 Å². The van der Waals surface area contributed by atoms with Gasteiger partial charge in [-0.1, -0.05) is 29.3 Å². The SMILES string of the molecule is Cc1cc(C)n(C(C)C2(c3ccc(Cl)c(Cl)c3)CCNCC2)n1. The van der Waals surface area contributed by atoms with Gasteiger partial charge in [0, 0.05) is 11.1 Å². The number of nitrogens with one attached hydrogen (secondary N) is 1. The van der Waals surface area contributed by atoms with Crippen molar-refractivity contribution in [2.24, 2.45) is 0 Å². The normalized spacial score (nSPS) is 18.8. The van der Waals surface area contributed by atoms with E-state index in [1.807, 2.05) is 19.1 Å². The summed E-state index contributed by atoms with van der Waals surface area (Å²) in [5.41, 5.74) is 3.54. The topological polar surface area (TPSA) is 29.9 Å². The molecule has 1 aromatic heterocycles. The highest BCUT2D eigenvalue weighted by atomic mass is 35.5. The van der Waals surface area contributed by atoms with Crippen LogP contribution in [-0.2, 0) is 5.41 Å². The molecule has 1 aromatic carbocycles. The lowest BCUT2D eigenvalue weighted by molar-refractivity contribution is 0.201. The molecule has 1 saturated heterocycles. The zero-order valence-corrected chi connectivity index (χ0v) is 15.4. The van der Waals surface area contributed by atoms with Crippen LogP contribution in [-0.4, -0.2) is 22.9 Å². The maximum atomic E-state index is 6.31. The molecule has 1 atom stereocenters. The molecule has 1 aliphatic heterocycles. The summed E-state index contributed by atoms with van der Waals surface area (Å²) in [6, 6.07) is 8.48. The Kier molecular flexibility index (Phi) is 4.73. The maximum absolute atomic E-state index is 6.31. The molecule has 0 spiro atoms. The van der Waals surface area contributed by atoms with E-state index in [0.29, 0.717) is 10.0 Å². The highest BCUT2D eigenvalue weighted by Gasteiger charge is 2.41. The van der Waals surface area contributed by atoms with E-state index in [9.17, 15) is 0 Å². The van der Waals surface area contributed by atoms with Gasteiger partial charge in [0.15, 0.2) is 0 Å². The van der Waals surface area contributed by atoms with Crippen molar-refractivity contribution in [3.63, 3.8) is 0 Å². The van der Waals surface area contributed by atoms with Crippen LogP contribution in [0.2, 0.25) is 10.0 Å². The number of hydrogen-bond donors (Lipinski definition) is 1. The van der Waals surface area contributed by atoms with Crippen molar-refractivity contribution in [2.45, 2.75) is 45.1 Å². The van der Waals surface area contributed by atoms with Crippen LogP contribution in [0.25, 0.3) is 0 Å². The van der Waals surface area contributed by atoms with Crippen molar-refractivity contribution in [2.75, 3.05) is 13.1 Å². The van der Waals surface area contributed by atoms with Crippen LogP contribution >= 0.6 is 23.2 Å². The number of hydrogen-bond acceptors (Lipinski definition) is 2. The van der Waals surface area contributed by atoms with E-state index in [-0.39, 0.29) is 11.5 Å². The lowest BCUT2D eigenvalue weighted by atomic mass is 9.68. The van der Waals surface area contributed by atoms with Crippen LogP contribution in [0.15, 0.2) is 24.3 Å². The predicted molar refractivity (Wildman–Crippen MR) is 96.7 cm³/mol. The first-order valence-electron chi connectivity index (χ1n) is 8.13. The second-order valence-corrected chi connectivity index (χ2v) is 7.40. The summed E-state index contributed by atoms with van der Waals surface area (Å²) in [7, 11) is 0. The first-order valence-corrected chi connectivity index (χ1v) is 8.88. The molecule has 2 heterocycles. The molecule has 0 bridgehead atoms. The van der Waals surface area contributed by atoms with Gasteiger partial charge in [-0.05, 0) is 70.5 Å². The minimum absolute atomic E-state index is 0.0166. The van der Waals surface area contributed by atoms with Crippen molar-refractivity contribution < 1.29 is 0 Å². The first kappa shape index (κ1) is 16.8. The second-order valence-electron chi connectivity index (χ2n) is 6.58. The van der Waals surface area contributed by atoms with Gasteiger partial charge in [0.2, 0.25) is 0 Å². The summed E-state index contributed by atoms with van der Waals surface area (Å²) < 4.78 is 2.17. The molecule has 1 unspecified atom stereocenters. The van der Waals surface area contributed by atoms with Crippen molar-refractivity contribution in [3.05, 3.63) is 51.3 Å². The molecule has 0 saturated carbocycles. The summed E-state index contributed by atoms with van der Waals surface area (Å²) in [6.45, 7) is 8.45. The highest BCUT2D eigenvalue weighted by molar-refractivity contribution is 6.42. The molecule has 3 nitrogen and oxygen atoms in total. The third-order valence-electron chi connectivity index (χ3n) is 5.20. The van der Waals surface area contributed by atoms with Crippen molar-refractivity contribution in [1.82, 2.24) is 15.1 Å². The Balaban J connectivity index is 2.09. The fraction of sp³-hybridized carbons (Fsp3) is 0.500. The molecular weight excluding hydrogens is 329 g/mol. The van der Waals surface area contributed by atoms with E-state index >= 15 is 0 Å². The smallest absolute Gasteiger partial charge is 0.0596 e. The van der Waals surface area contributed by atoms with Crippen molar-refractivity contribution in [3.8, 4) is 0 Å². The van der Waals surface area contributed by atoms with Gasteiger partial charge in [0.05, 0.1) is 21.8 Å². The zero-order chi connectivity index (χ0) is 16.6. The number of benzene rings is 1.